The van der Waals surface area contributed by atoms with E-state index in [1.807, 2.05) is 67.6 Å². The van der Waals surface area contributed by atoms with Crippen molar-refractivity contribution >= 4 is 11.8 Å². The molecule has 2 atom stereocenters. The second-order valence-electron chi connectivity index (χ2n) is 9.42. The van der Waals surface area contributed by atoms with E-state index < -0.39 is 11.9 Å². The number of carbonyl (C=O) groups is 2. The molecule has 188 valence electrons. The first-order valence-corrected chi connectivity index (χ1v) is 12.3. The molecule has 5 rings (SSSR count). The first kappa shape index (κ1) is 24.4. The molecule has 2 aliphatic rings. The number of phenols is 1. The Morgan fingerprint density at radius 2 is 1.68 bits per heavy atom. The zero-order valence-electron chi connectivity index (χ0n) is 20.9. The van der Waals surface area contributed by atoms with E-state index in [0.29, 0.717) is 35.2 Å². The predicted molar refractivity (Wildman–Crippen MR) is 140 cm³/mol. The van der Waals surface area contributed by atoms with E-state index in [1.54, 1.807) is 12.1 Å². The largest absolute Gasteiger partial charge is 0.504 e. The zero-order chi connectivity index (χ0) is 25.9. The van der Waals surface area contributed by atoms with Crippen molar-refractivity contribution in [3.8, 4) is 11.5 Å². The van der Waals surface area contributed by atoms with E-state index in [9.17, 15) is 14.7 Å². The van der Waals surface area contributed by atoms with Gasteiger partial charge in [-0.25, -0.2) is 4.79 Å². The minimum Gasteiger partial charge on any atom is -0.504 e. The number of aromatic hydroxyl groups is 1. The quantitative estimate of drug-likeness (QED) is 0.439. The third-order valence-corrected chi connectivity index (χ3v) is 7.07. The molecule has 0 aromatic heterocycles. The fraction of sp³-hybridized carbons (Fsp3) is 0.226. The summed E-state index contributed by atoms with van der Waals surface area (Å²) in [6.45, 7) is 1.96. The van der Waals surface area contributed by atoms with Crippen LogP contribution in [0.3, 0.4) is 0 Å². The molecule has 0 radical (unpaired) electrons. The Bertz CT molecular complexity index is 1390. The van der Waals surface area contributed by atoms with Gasteiger partial charge < -0.3 is 19.9 Å². The number of hydrogen-bond donors (Lipinski definition) is 2. The summed E-state index contributed by atoms with van der Waals surface area (Å²) in [7, 11) is 1.47. The molecular weight excluding hydrogens is 466 g/mol. The van der Waals surface area contributed by atoms with Gasteiger partial charge in [0.05, 0.1) is 12.7 Å². The molecule has 2 unspecified atom stereocenters. The first-order chi connectivity index (χ1) is 18.0. The number of ketones is 1. The average molecular weight is 496 g/mol. The molecule has 0 fully saturated rings. The number of esters is 1. The Morgan fingerprint density at radius 1 is 0.973 bits per heavy atom. The summed E-state index contributed by atoms with van der Waals surface area (Å²) in [5.74, 6) is -0.829. The van der Waals surface area contributed by atoms with Crippen LogP contribution in [0.4, 0.5) is 0 Å². The van der Waals surface area contributed by atoms with E-state index in [1.165, 1.54) is 13.2 Å². The topological polar surface area (TPSA) is 84.9 Å². The lowest BCUT2D eigenvalue weighted by atomic mass is 9.71. The fourth-order valence-electron chi connectivity index (χ4n) is 5.28. The number of phenolic OH excluding ortho intramolecular Hbond substituents is 1. The molecule has 3 aromatic rings. The monoisotopic (exact) mass is 495 g/mol. The molecule has 6 nitrogen and oxygen atoms in total. The van der Waals surface area contributed by atoms with Crippen LogP contribution in [0.2, 0.25) is 0 Å². The number of Topliss-reactive ketones (excluding diaryl/α,β-unsaturated/α-hetero) is 1. The highest BCUT2D eigenvalue weighted by molar-refractivity contribution is 6.04. The van der Waals surface area contributed by atoms with Crippen molar-refractivity contribution in [2.75, 3.05) is 7.11 Å². The normalized spacial score (nSPS) is 19.2. The van der Waals surface area contributed by atoms with E-state index in [-0.39, 0.29) is 29.8 Å². The van der Waals surface area contributed by atoms with Crippen LogP contribution < -0.4 is 10.1 Å². The summed E-state index contributed by atoms with van der Waals surface area (Å²) in [4.78, 5) is 27.2. The molecule has 0 spiro atoms. The third kappa shape index (κ3) is 4.87. The van der Waals surface area contributed by atoms with Gasteiger partial charge in [-0.15, -0.1) is 0 Å². The number of carbonyl (C=O) groups excluding carboxylic acids is 2. The maximum absolute atomic E-state index is 13.7. The van der Waals surface area contributed by atoms with Crippen LogP contribution in [0, 0.1) is 0 Å². The van der Waals surface area contributed by atoms with Crippen molar-refractivity contribution in [2.24, 2.45) is 0 Å². The SMILES string of the molecule is COc1cc(C2C(C(=O)OCc3ccccc3)=C(C)NC3=C2C(=O)CC(c2ccccc2)C3)ccc1O. The lowest BCUT2D eigenvalue weighted by Gasteiger charge is -2.36. The Kier molecular flexibility index (Phi) is 6.82. The van der Waals surface area contributed by atoms with Crippen molar-refractivity contribution in [1.29, 1.82) is 0 Å². The van der Waals surface area contributed by atoms with Gasteiger partial charge in [-0.1, -0.05) is 66.7 Å². The van der Waals surface area contributed by atoms with Crippen LogP contribution >= 0.6 is 0 Å². The summed E-state index contributed by atoms with van der Waals surface area (Å²) in [6.07, 6.45) is 1.00. The second-order valence-corrected chi connectivity index (χ2v) is 9.42. The highest BCUT2D eigenvalue weighted by Gasteiger charge is 2.41. The Labute approximate surface area is 216 Å². The van der Waals surface area contributed by atoms with Crippen molar-refractivity contribution in [3.63, 3.8) is 0 Å². The number of ether oxygens (including phenoxy) is 2. The van der Waals surface area contributed by atoms with Crippen LogP contribution in [0.1, 0.15) is 48.3 Å². The van der Waals surface area contributed by atoms with Gasteiger partial charge in [-0.2, -0.15) is 0 Å². The number of nitrogens with one attached hydrogen (secondary N) is 1. The van der Waals surface area contributed by atoms with Gasteiger partial charge in [0.2, 0.25) is 0 Å². The lowest BCUT2D eigenvalue weighted by Crippen LogP contribution is -2.36. The van der Waals surface area contributed by atoms with Crippen molar-refractivity contribution in [1.82, 2.24) is 5.32 Å². The number of dihydropyridines is 1. The molecule has 0 saturated heterocycles. The standard InChI is InChI=1S/C31H29NO5/c1-19-28(31(35)37-18-20-9-5-3-6-10-20)29(22-13-14-25(33)27(17-22)36-2)30-24(32-19)15-23(16-26(30)34)21-11-7-4-8-12-21/h3-14,17,23,29,32-33H,15-16,18H2,1-2H3. The van der Waals surface area contributed by atoms with E-state index in [4.69, 9.17) is 9.47 Å². The summed E-state index contributed by atoms with van der Waals surface area (Å²) in [6, 6.07) is 24.4. The molecule has 1 heterocycles. The number of rotatable bonds is 6. The summed E-state index contributed by atoms with van der Waals surface area (Å²) in [5.41, 5.74) is 5.09. The highest BCUT2D eigenvalue weighted by Crippen LogP contribution is 2.46. The van der Waals surface area contributed by atoms with Gasteiger partial charge in [0.15, 0.2) is 17.3 Å². The number of methoxy groups -OCH3 is 1. The van der Waals surface area contributed by atoms with Gasteiger partial charge >= 0.3 is 5.97 Å². The van der Waals surface area contributed by atoms with E-state index >= 15 is 0 Å². The Hall–Kier alpha value is -4.32. The van der Waals surface area contributed by atoms with Crippen LogP contribution in [-0.2, 0) is 20.9 Å². The fourth-order valence-corrected chi connectivity index (χ4v) is 5.28. The van der Waals surface area contributed by atoms with E-state index in [0.717, 1.165) is 16.8 Å². The Morgan fingerprint density at radius 3 is 2.38 bits per heavy atom. The van der Waals surface area contributed by atoms with Crippen LogP contribution in [0.25, 0.3) is 0 Å². The maximum Gasteiger partial charge on any atom is 0.337 e. The van der Waals surface area contributed by atoms with Gasteiger partial charge in [0, 0.05) is 29.3 Å². The van der Waals surface area contributed by atoms with Crippen molar-refractivity contribution in [2.45, 2.75) is 38.2 Å². The molecule has 0 bridgehead atoms. The van der Waals surface area contributed by atoms with Crippen LogP contribution in [0.5, 0.6) is 11.5 Å². The van der Waals surface area contributed by atoms with Gasteiger partial charge in [-0.05, 0) is 48.1 Å². The number of hydrogen-bond acceptors (Lipinski definition) is 6. The van der Waals surface area contributed by atoms with Gasteiger partial charge in [-0.3, -0.25) is 4.79 Å². The zero-order valence-corrected chi connectivity index (χ0v) is 20.9. The van der Waals surface area contributed by atoms with Gasteiger partial charge in [0.1, 0.15) is 6.61 Å². The predicted octanol–water partition coefficient (Wildman–Crippen LogP) is 5.51. The third-order valence-electron chi connectivity index (χ3n) is 7.07. The van der Waals surface area contributed by atoms with E-state index in [2.05, 4.69) is 5.32 Å². The molecule has 0 saturated carbocycles. The molecular formula is C31H29NO5. The smallest absolute Gasteiger partial charge is 0.337 e. The minimum atomic E-state index is -0.641. The molecule has 3 aromatic carbocycles. The summed E-state index contributed by atoms with van der Waals surface area (Å²) in [5, 5.41) is 13.6. The van der Waals surface area contributed by atoms with Crippen LogP contribution in [0.15, 0.2) is 101 Å². The number of benzene rings is 3. The minimum absolute atomic E-state index is 0.0117. The Balaban J connectivity index is 1.55. The van der Waals surface area contributed by atoms with Gasteiger partial charge in [0.25, 0.3) is 0 Å². The van der Waals surface area contributed by atoms with Crippen molar-refractivity contribution in [3.05, 3.63) is 118 Å². The molecule has 2 N–H and O–H groups in total. The lowest BCUT2D eigenvalue weighted by molar-refractivity contribution is -0.140. The first-order valence-electron chi connectivity index (χ1n) is 12.3. The molecule has 37 heavy (non-hydrogen) atoms. The molecule has 0 amide bonds. The molecule has 6 heteroatoms. The van der Waals surface area contributed by atoms with Crippen molar-refractivity contribution < 1.29 is 24.2 Å². The highest BCUT2D eigenvalue weighted by atomic mass is 16.5. The summed E-state index contributed by atoms with van der Waals surface area (Å²) >= 11 is 0. The average Bonchev–Trinajstić information content (AvgIpc) is 2.92. The molecule has 1 aliphatic carbocycles. The maximum atomic E-state index is 13.7. The molecule has 1 aliphatic heterocycles. The second kappa shape index (κ2) is 10.3. The summed E-state index contributed by atoms with van der Waals surface area (Å²) < 4.78 is 11.1. The number of allylic oxidation sites excluding steroid dienone is 3. The van der Waals surface area contributed by atoms with Crippen LogP contribution in [-0.4, -0.2) is 24.0 Å².